The van der Waals surface area contributed by atoms with Crippen molar-refractivity contribution in [3.8, 4) is 0 Å². The second kappa shape index (κ2) is 6.25. The van der Waals surface area contributed by atoms with Gasteiger partial charge in [0.25, 0.3) is 0 Å². The van der Waals surface area contributed by atoms with Crippen LogP contribution in [0.25, 0.3) is 0 Å². The standard InChI is InChI=1S/C14H24N2O.ClH/c17-14(12-7-3-9-15-12)16-10-4-8-13(16)11-5-1-2-6-11;/h11-13,15H,1-10H2;1H/t12-,13?;/m0./s1. The first-order chi connectivity index (χ1) is 8.36. The van der Waals surface area contributed by atoms with Gasteiger partial charge in [-0.15, -0.1) is 12.4 Å². The Labute approximate surface area is 116 Å². The molecule has 3 rings (SSSR count). The van der Waals surface area contributed by atoms with Gasteiger partial charge in [0.05, 0.1) is 6.04 Å². The SMILES string of the molecule is Cl.O=C([C@@H]1CCCN1)N1CCCC1C1CCCC1. The van der Waals surface area contributed by atoms with Crippen LogP contribution in [-0.2, 0) is 4.79 Å². The minimum Gasteiger partial charge on any atom is -0.338 e. The zero-order valence-electron chi connectivity index (χ0n) is 11.1. The molecule has 18 heavy (non-hydrogen) atoms. The molecule has 104 valence electrons. The van der Waals surface area contributed by atoms with Crippen LogP contribution in [0.15, 0.2) is 0 Å². The Kier molecular flexibility index (Phi) is 4.91. The van der Waals surface area contributed by atoms with Crippen molar-refractivity contribution in [2.24, 2.45) is 5.92 Å². The molecule has 2 atom stereocenters. The Hall–Kier alpha value is -0.280. The molecule has 1 saturated carbocycles. The van der Waals surface area contributed by atoms with Crippen LogP contribution in [0.2, 0.25) is 0 Å². The van der Waals surface area contributed by atoms with Crippen molar-refractivity contribution in [3.05, 3.63) is 0 Å². The smallest absolute Gasteiger partial charge is 0.239 e. The highest BCUT2D eigenvalue weighted by molar-refractivity contribution is 5.85. The summed E-state index contributed by atoms with van der Waals surface area (Å²) in [6, 6.07) is 0.712. The number of amides is 1. The van der Waals surface area contributed by atoms with E-state index in [0.717, 1.165) is 25.4 Å². The molecular weight excluding hydrogens is 248 g/mol. The number of likely N-dealkylation sites (tertiary alicyclic amines) is 1. The van der Waals surface area contributed by atoms with E-state index >= 15 is 0 Å². The number of hydrogen-bond acceptors (Lipinski definition) is 2. The lowest BCUT2D eigenvalue weighted by Crippen LogP contribution is -2.47. The van der Waals surface area contributed by atoms with Gasteiger partial charge < -0.3 is 10.2 Å². The molecule has 0 aromatic heterocycles. The van der Waals surface area contributed by atoms with E-state index in [1.807, 2.05) is 0 Å². The summed E-state index contributed by atoms with van der Waals surface area (Å²) in [7, 11) is 0. The molecule has 1 aliphatic carbocycles. The van der Waals surface area contributed by atoms with Crippen LogP contribution in [0.3, 0.4) is 0 Å². The van der Waals surface area contributed by atoms with Crippen LogP contribution < -0.4 is 5.32 Å². The highest BCUT2D eigenvalue weighted by Gasteiger charge is 2.38. The van der Waals surface area contributed by atoms with E-state index in [1.165, 1.54) is 44.9 Å². The molecule has 0 bridgehead atoms. The Morgan fingerprint density at radius 1 is 1.00 bits per heavy atom. The topological polar surface area (TPSA) is 32.3 Å². The van der Waals surface area contributed by atoms with E-state index in [2.05, 4.69) is 10.2 Å². The maximum atomic E-state index is 12.5. The molecule has 0 aromatic rings. The fourth-order valence-electron chi connectivity index (χ4n) is 3.99. The lowest BCUT2D eigenvalue weighted by Gasteiger charge is -2.31. The van der Waals surface area contributed by atoms with Crippen molar-refractivity contribution in [1.29, 1.82) is 0 Å². The number of carbonyl (C=O) groups excluding carboxylic acids is 1. The summed E-state index contributed by atoms with van der Waals surface area (Å²) in [6.07, 6.45) is 10.2. The van der Waals surface area contributed by atoms with E-state index in [9.17, 15) is 4.79 Å². The lowest BCUT2D eigenvalue weighted by molar-refractivity contribution is -0.134. The van der Waals surface area contributed by atoms with E-state index in [-0.39, 0.29) is 18.4 Å². The van der Waals surface area contributed by atoms with Gasteiger partial charge in [0.15, 0.2) is 0 Å². The van der Waals surface area contributed by atoms with Crippen molar-refractivity contribution >= 4 is 18.3 Å². The Balaban J connectivity index is 0.00000120. The van der Waals surface area contributed by atoms with Crippen LogP contribution in [-0.4, -0.2) is 36.0 Å². The van der Waals surface area contributed by atoms with Gasteiger partial charge in [-0.25, -0.2) is 0 Å². The molecular formula is C14H25ClN2O. The first kappa shape index (κ1) is 14.1. The largest absolute Gasteiger partial charge is 0.338 e. The molecule has 3 fully saturated rings. The van der Waals surface area contributed by atoms with Crippen LogP contribution in [0, 0.1) is 5.92 Å². The minimum absolute atomic E-state index is 0. The lowest BCUT2D eigenvalue weighted by atomic mass is 9.95. The Morgan fingerprint density at radius 3 is 2.44 bits per heavy atom. The molecule has 2 heterocycles. The quantitative estimate of drug-likeness (QED) is 0.837. The molecule has 3 nitrogen and oxygen atoms in total. The minimum atomic E-state index is 0. The summed E-state index contributed by atoms with van der Waals surface area (Å²) in [5, 5.41) is 3.35. The Morgan fingerprint density at radius 2 is 1.78 bits per heavy atom. The van der Waals surface area contributed by atoms with Gasteiger partial charge in [0, 0.05) is 12.6 Å². The fourth-order valence-corrected chi connectivity index (χ4v) is 3.99. The van der Waals surface area contributed by atoms with Crippen molar-refractivity contribution in [2.45, 2.75) is 63.5 Å². The van der Waals surface area contributed by atoms with Gasteiger partial charge in [-0.2, -0.15) is 0 Å². The van der Waals surface area contributed by atoms with Gasteiger partial charge in [-0.1, -0.05) is 12.8 Å². The van der Waals surface area contributed by atoms with Gasteiger partial charge in [-0.3, -0.25) is 4.79 Å². The van der Waals surface area contributed by atoms with Crippen LogP contribution in [0.1, 0.15) is 51.4 Å². The van der Waals surface area contributed by atoms with Crippen LogP contribution in [0.4, 0.5) is 0 Å². The number of carbonyl (C=O) groups is 1. The van der Waals surface area contributed by atoms with Gasteiger partial charge >= 0.3 is 0 Å². The fraction of sp³-hybridized carbons (Fsp3) is 0.929. The van der Waals surface area contributed by atoms with Crippen molar-refractivity contribution in [2.75, 3.05) is 13.1 Å². The third kappa shape index (κ3) is 2.67. The summed E-state index contributed by atoms with van der Waals surface area (Å²) in [5.74, 6) is 1.21. The number of nitrogens with one attached hydrogen (secondary N) is 1. The molecule has 0 spiro atoms. The normalized spacial score (nSPS) is 32.8. The second-order valence-electron chi connectivity index (χ2n) is 5.93. The maximum Gasteiger partial charge on any atom is 0.239 e. The van der Waals surface area contributed by atoms with Crippen molar-refractivity contribution < 1.29 is 4.79 Å². The predicted molar refractivity (Wildman–Crippen MR) is 75.0 cm³/mol. The number of rotatable bonds is 2. The highest BCUT2D eigenvalue weighted by Crippen LogP contribution is 2.35. The van der Waals surface area contributed by atoms with Crippen LogP contribution >= 0.6 is 12.4 Å². The van der Waals surface area contributed by atoms with E-state index in [4.69, 9.17) is 0 Å². The molecule has 0 radical (unpaired) electrons. The van der Waals surface area contributed by atoms with Crippen molar-refractivity contribution in [3.63, 3.8) is 0 Å². The first-order valence-electron chi connectivity index (χ1n) is 7.40. The zero-order chi connectivity index (χ0) is 11.7. The zero-order valence-corrected chi connectivity index (χ0v) is 11.9. The molecule has 1 amide bonds. The first-order valence-corrected chi connectivity index (χ1v) is 7.40. The molecule has 3 aliphatic rings. The number of hydrogen-bond donors (Lipinski definition) is 1. The van der Waals surface area contributed by atoms with Crippen LogP contribution in [0.5, 0.6) is 0 Å². The summed E-state index contributed by atoms with van der Waals surface area (Å²) in [5.41, 5.74) is 0. The number of nitrogens with zero attached hydrogens (tertiary/aromatic N) is 1. The average molecular weight is 273 g/mol. The maximum absolute atomic E-state index is 12.5. The summed E-state index contributed by atoms with van der Waals surface area (Å²) >= 11 is 0. The van der Waals surface area contributed by atoms with E-state index in [0.29, 0.717) is 11.9 Å². The van der Waals surface area contributed by atoms with Gasteiger partial charge in [0.2, 0.25) is 5.91 Å². The molecule has 2 saturated heterocycles. The van der Waals surface area contributed by atoms with Crippen molar-refractivity contribution in [1.82, 2.24) is 10.2 Å². The summed E-state index contributed by atoms with van der Waals surface area (Å²) in [4.78, 5) is 14.7. The van der Waals surface area contributed by atoms with Gasteiger partial charge in [0.1, 0.15) is 0 Å². The highest BCUT2D eigenvalue weighted by atomic mass is 35.5. The molecule has 0 aromatic carbocycles. The molecule has 2 aliphatic heterocycles. The third-order valence-corrected chi connectivity index (χ3v) is 4.88. The predicted octanol–water partition coefficient (Wildman–Crippen LogP) is 2.34. The summed E-state index contributed by atoms with van der Waals surface area (Å²) < 4.78 is 0. The van der Waals surface area contributed by atoms with E-state index < -0.39 is 0 Å². The van der Waals surface area contributed by atoms with E-state index in [1.54, 1.807) is 0 Å². The Bertz CT molecular complexity index is 286. The monoisotopic (exact) mass is 272 g/mol. The number of halogens is 1. The molecule has 1 unspecified atom stereocenters. The average Bonchev–Trinajstić information content (AvgIpc) is 3.09. The second-order valence-corrected chi connectivity index (χ2v) is 5.93. The molecule has 4 heteroatoms. The third-order valence-electron chi connectivity index (χ3n) is 4.88. The van der Waals surface area contributed by atoms with Gasteiger partial charge in [-0.05, 0) is 51.0 Å². The molecule has 1 N–H and O–H groups in total. The summed E-state index contributed by atoms with van der Waals surface area (Å²) in [6.45, 7) is 2.04.